The fraction of sp³-hybridized carbons (Fsp3) is 0.650. The Bertz CT molecular complexity index is 478. The lowest BCUT2D eigenvalue weighted by atomic mass is 9.64. The molecule has 122 valence electrons. The summed E-state index contributed by atoms with van der Waals surface area (Å²) in [5.74, 6) is 1.56. The van der Waals surface area contributed by atoms with Gasteiger partial charge in [0, 0.05) is 12.5 Å². The Kier molecular flexibility index (Phi) is 5.66. The predicted molar refractivity (Wildman–Crippen MR) is 92.6 cm³/mol. The van der Waals surface area contributed by atoms with E-state index in [2.05, 4.69) is 57.3 Å². The van der Waals surface area contributed by atoms with Gasteiger partial charge in [-0.3, -0.25) is 4.79 Å². The van der Waals surface area contributed by atoms with Gasteiger partial charge < -0.3 is 5.32 Å². The summed E-state index contributed by atoms with van der Waals surface area (Å²) in [5.41, 5.74) is 1.58. The van der Waals surface area contributed by atoms with Crippen LogP contribution in [-0.4, -0.2) is 12.5 Å². The summed E-state index contributed by atoms with van der Waals surface area (Å²) in [7, 11) is 0. The minimum atomic E-state index is 0.180. The highest BCUT2D eigenvalue weighted by atomic mass is 16.1. The first kappa shape index (κ1) is 17.1. The highest BCUT2D eigenvalue weighted by Crippen LogP contribution is 2.44. The third-order valence-corrected chi connectivity index (χ3v) is 5.19. The summed E-state index contributed by atoms with van der Waals surface area (Å²) in [4.78, 5) is 12.7. The van der Waals surface area contributed by atoms with Crippen molar-refractivity contribution in [3.63, 3.8) is 0 Å². The van der Waals surface area contributed by atoms with E-state index in [1.54, 1.807) is 0 Å². The molecule has 22 heavy (non-hydrogen) atoms. The molecule has 1 aliphatic rings. The van der Waals surface area contributed by atoms with Crippen molar-refractivity contribution >= 4 is 5.91 Å². The van der Waals surface area contributed by atoms with Crippen molar-refractivity contribution in [3.05, 3.63) is 35.9 Å². The zero-order valence-corrected chi connectivity index (χ0v) is 14.6. The third kappa shape index (κ3) is 4.59. The van der Waals surface area contributed by atoms with Gasteiger partial charge in [-0.25, -0.2) is 0 Å². The number of benzene rings is 1. The molecule has 0 spiro atoms. The second-order valence-electron chi connectivity index (χ2n) is 7.95. The fourth-order valence-corrected chi connectivity index (χ4v) is 3.80. The predicted octanol–water partition coefficient (Wildman–Crippen LogP) is 4.44. The molecule has 1 amide bonds. The van der Waals surface area contributed by atoms with Crippen LogP contribution in [0, 0.1) is 23.2 Å². The molecule has 1 aliphatic carbocycles. The summed E-state index contributed by atoms with van der Waals surface area (Å²) in [6.45, 7) is 9.85. The van der Waals surface area contributed by atoms with Crippen LogP contribution in [0.4, 0.5) is 0 Å². The van der Waals surface area contributed by atoms with Crippen LogP contribution < -0.4 is 5.32 Å². The summed E-state index contributed by atoms with van der Waals surface area (Å²) < 4.78 is 0. The minimum absolute atomic E-state index is 0.180. The van der Waals surface area contributed by atoms with Gasteiger partial charge >= 0.3 is 0 Å². The second-order valence-corrected chi connectivity index (χ2v) is 7.95. The van der Waals surface area contributed by atoms with E-state index in [1.165, 1.54) is 18.4 Å². The summed E-state index contributed by atoms with van der Waals surface area (Å²) >= 11 is 0. The summed E-state index contributed by atoms with van der Waals surface area (Å²) in [6.07, 6.45) is 4.35. The Labute approximate surface area is 135 Å². The summed E-state index contributed by atoms with van der Waals surface area (Å²) in [6, 6.07) is 10.4. The highest BCUT2D eigenvalue weighted by Gasteiger charge is 2.39. The maximum atomic E-state index is 12.7. The van der Waals surface area contributed by atoms with Crippen molar-refractivity contribution in [1.82, 2.24) is 5.32 Å². The van der Waals surface area contributed by atoms with E-state index < -0.39 is 0 Å². The van der Waals surface area contributed by atoms with Crippen LogP contribution >= 0.6 is 0 Å². The van der Waals surface area contributed by atoms with E-state index in [0.717, 1.165) is 19.4 Å². The van der Waals surface area contributed by atoms with Crippen LogP contribution in [0.2, 0.25) is 0 Å². The van der Waals surface area contributed by atoms with Crippen molar-refractivity contribution in [2.75, 3.05) is 6.54 Å². The molecule has 0 aromatic heterocycles. The molecule has 0 bridgehead atoms. The number of amides is 1. The molecule has 1 saturated carbocycles. The molecule has 1 N–H and O–H groups in total. The van der Waals surface area contributed by atoms with E-state index in [0.29, 0.717) is 17.3 Å². The first-order chi connectivity index (χ1) is 10.4. The quantitative estimate of drug-likeness (QED) is 0.855. The van der Waals surface area contributed by atoms with Gasteiger partial charge in [0.15, 0.2) is 0 Å². The van der Waals surface area contributed by atoms with E-state index in [4.69, 9.17) is 0 Å². The van der Waals surface area contributed by atoms with Crippen molar-refractivity contribution in [2.24, 2.45) is 23.2 Å². The number of rotatable bonds is 5. The monoisotopic (exact) mass is 301 g/mol. The van der Waals surface area contributed by atoms with Gasteiger partial charge in [0.25, 0.3) is 0 Å². The summed E-state index contributed by atoms with van der Waals surface area (Å²) in [5, 5.41) is 3.18. The van der Waals surface area contributed by atoms with Gasteiger partial charge in [-0.05, 0) is 48.5 Å². The number of hydrogen-bond acceptors (Lipinski definition) is 1. The molecule has 0 aliphatic heterocycles. The molecular weight excluding hydrogens is 270 g/mol. The average Bonchev–Trinajstić information content (AvgIpc) is 2.47. The topological polar surface area (TPSA) is 29.1 Å². The Morgan fingerprint density at radius 1 is 1.27 bits per heavy atom. The lowest BCUT2D eigenvalue weighted by molar-refractivity contribution is -0.130. The zero-order chi connectivity index (χ0) is 16.2. The van der Waals surface area contributed by atoms with Crippen LogP contribution in [0.5, 0.6) is 0 Å². The Morgan fingerprint density at radius 2 is 1.95 bits per heavy atom. The lowest BCUT2D eigenvalue weighted by Gasteiger charge is -2.41. The number of nitrogens with one attached hydrogen (secondary N) is 1. The van der Waals surface area contributed by atoms with E-state index >= 15 is 0 Å². The molecule has 2 rings (SSSR count). The van der Waals surface area contributed by atoms with Crippen molar-refractivity contribution < 1.29 is 4.79 Å². The van der Waals surface area contributed by atoms with Crippen LogP contribution in [-0.2, 0) is 11.2 Å². The molecule has 0 saturated heterocycles. The van der Waals surface area contributed by atoms with Crippen LogP contribution in [0.25, 0.3) is 0 Å². The van der Waals surface area contributed by atoms with Crippen molar-refractivity contribution in [2.45, 2.75) is 53.4 Å². The van der Waals surface area contributed by atoms with Gasteiger partial charge in [-0.2, -0.15) is 0 Å². The molecule has 0 radical (unpaired) electrons. The Morgan fingerprint density at radius 3 is 2.59 bits per heavy atom. The zero-order valence-electron chi connectivity index (χ0n) is 14.6. The molecule has 2 unspecified atom stereocenters. The maximum Gasteiger partial charge on any atom is 0.223 e. The number of hydrogen-bond donors (Lipinski definition) is 1. The first-order valence-corrected chi connectivity index (χ1v) is 8.71. The second kappa shape index (κ2) is 7.30. The van der Waals surface area contributed by atoms with E-state index in [-0.39, 0.29) is 11.8 Å². The van der Waals surface area contributed by atoms with Crippen molar-refractivity contribution in [3.8, 4) is 0 Å². The molecule has 0 heterocycles. The third-order valence-electron chi connectivity index (χ3n) is 5.19. The van der Waals surface area contributed by atoms with E-state index in [1.807, 2.05) is 6.07 Å². The van der Waals surface area contributed by atoms with Crippen LogP contribution in [0.3, 0.4) is 0 Å². The van der Waals surface area contributed by atoms with Crippen molar-refractivity contribution in [1.29, 1.82) is 0 Å². The Hall–Kier alpha value is -1.31. The number of carbonyl (C=O) groups excluding carboxylic acids is 1. The normalized spacial score (nSPS) is 24.2. The van der Waals surface area contributed by atoms with Gasteiger partial charge in [0.1, 0.15) is 0 Å². The van der Waals surface area contributed by atoms with Gasteiger partial charge in [-0.1, -0.05) is 58.0 Å². The minimum Gasteiger partial charge on any atom is -0.356 e. The van der Waals surface area contributed by atoms with E-state index in [9.17, 15) is 4.79 Å². The molecule has 2 nitrogen and oxygen atoms in total. The van der Waals surface area contributed by atoms with Gasteiger partial charge in [0.2, 0.25) is 5.91 Å². The molecule has 2 heteroatoms. The fourth-order valence-electron chi connectivity index (χ4n) is 3.80. The SMILES string of the molecule is CC(C)C1CCC(C)(C)CC1C(=O)NCCc1ccccc1. The first-order valence-electron chi connectivity index (χ1n) is 8.71. The molecule has 2 atom stereocenters. The lowest BCUT2D eigenvalue weighted by Crippen LogP contribution is -2.43. The van der Waals surface area contributed by atoms with Crippen LogP contribution in [0.15, 0.2) is 30.3 Å². The van der Waals surface area contributed by atoms with Gasteiger partial charge in [0.05, 0.1) is 0 Å². The standard InChI is InChI=1S/C20H31NO/c1-15(2)17-10-12-20(3,4)14-18(17)19(22)21-13-11-16-8-6-5-7-9-16/h5-9,15,17-18H,10-14H2,1-4H3,(H,21,22). The highest BCUT2D eigenvalue weighted by molar-refractivity contribution is 5.79. The molecule has 1 aromatic rings. The van der Waals surface area contributed by atoms with Gasteiger partial charge in [-0.15, -0.1) is 0 Å². The Balaban J connectivity index is 1.90. The molecule has 1 fully saturated rings. The number of carbonyl (C=O) groups is 1. The van der Waals surface area contributed by atoms with Crippen LogP contribution in [0.1, 0.15) is 52.5 Å². The molecular formula is C20H31NO. The largest absolute Gasteiger partial charge is 0.356 e. The maximum absolute atomic E-state index is 12.7. The average molecular weight is 301 g/mol. The smallest absolute Gasteiger partial charge is 0.223 e. The molecule has 1 aromatic carbocycles.